The Labute approximate surface area is 82.8 Å². The van der Waals surface area contributed by atoms with Crippen LogP contribution in [0, 0.1) is 0 Å². The van der Waals surface area contributed by atoms with Crippen molar-refractivity contribution in [2.45, 2.75) is 25.6 Å². The van der Waals surface area contributed by atoms with Gasteiger partial charge < -0.3 is 10.2 Å². The maximum absolute atomic E-state index is 9.64. The van der Waals surface area contributed by atoms with Crippen LogP contribution in [-0.2, 0) is 0 Å². The lowest BCUT2D eigenvalue weighted by Crippen LogP contribution is -2.17. The van der Waals surface area contributed by atoms with Crippen molar-refractivity contribution in [3.63, 3.8) is 0 Å². The van der Waals surface area contributed by atoms with Crippen LogP contribution in [0.4, 0.5) is 0 Å². The van der Waals surface area contributed by atoms with Gasteiger partial charge in [0.05, 0.1) is 6.10 Å². The van der Waals surface area contributed by atoms with Gasteiger partial charge in [-0.05, 0) is 12.5 Å². The molecule has 2 N–H and O–H groups in total. The van der Waals surface area contributed by atoms with Gasteiger partial charge in [0.2, 0.25) is 0 Å². The van der Waals surface area contributed by atoms with Gasteiger partial charge in [0, 0.05) is 10.6 Å². The van der Waals surface area contributed by atoms with E-state index in [0.29, 0.717) is 17.0 Å². The first-order valence-electron chi connectivity index (χ1n) is 4.27. The van der Waals surface area contributed by atoms with Gasteiger partial charge >= 0.3 is 0 Å². The molecule has 1 aromatic rings. The number of aliphatic hydroxyl groups is 2. The lowest BCUT2D eigenvalue weighted by atomic mass is 10.0. The van der Waals surface area contributed by atoms with Crippen molar-refractivity contribution in [2.24, 2.45) is 0 Å². The summed E-state index contributed by atoms with van der Waals surface area (Å²) in [4.78, 5) is 0. The molecule has 0 aliphatic rings. The highest BCUT2D eigenvalue weighted by Gasteiger charge is 2.18. The first-order chi connectivity index (χ1) is 6.16. The highest BCUT2D eigenvalue weighted by Crippen LogP contribution is 2.25. The minimum absolute atomic E-state index is 0.488. The van der Waals surface area contributed by atoms with Crippen molar-refractivity contribution in [1.29, 1.82) is 0 Å². The molecule has 0 fully saturated rings. The van der Waals surface area contributed by atoms with Crippen molar-refractivity contribution in [3.8, 4) is 0 Å². The number of halogens is 1. The van der Waals surface area contributed by atoms with E-state index in [0.717, 1.165) is 0 Å². The molecule has 1 unspecified atom stereocenters. The highest BCUT2D eigenvalue weighted by molar-refractivity contribution is 6.31. The van der Waals surface area contributed by atoms with E-state index < -0.39 is 12.2 Å². The Kier molecular flexibility index (Phi) is 3.72. The van der Waals surface area contributed by atoms with Gasteiger partial charge in [-0.3, -0.25) is 0 Å². The van der Waals surface area contributed by atoms with Crippen molar-refractivity contribution in [2.75, 3.05) is 0 Å². The smallest absolute Gasteiger partial charge is 0.106 e. The zero-order valence-electron chi connectivity index (χ0n) is 7.44. The van der Waals surface area contributed by atoms with Crippen molar-refractivity contribution >= 4 is 11.6 Å². The maximum atomic E-state index is 9.64. The molecule has 0 saturated heterocycles. The fraction of sp³-hybridized carbons (Fsp3) is 0.400. The van der Waals surface area contributed by atoms with E-state index in [9.17, 15) is 10.2 Å². The number of hydrogen-bond donors (Lipinski definition) is 2. The van der Waals surface area contributed by atoms with Crippen LogP contribution in [0.3, 0.4) is 0 Å². The van der Waals surface area contributed by atoms with Crippen molar-refractivity contribution in [1.82, 2.24) is 0 Å². The topological polar surface area (TPSA) is 40.5 Å². The van der Waals surface area contributed by atoms with E-state index in [1.165, 1.54) is 0 Å². The van der Waals surface area contributed by atoms with E-state index in [-0.39, 0.29) is 0 Å². The molecule has 13 heavy (non-hydrogen) atoms. The third-order valence-electron chi connectivity index (χ3n) is 2.01. The number of benzene rings is 1. The molecular weight excluding hydrogens is 188 g/mol. The second-order valence-corrected chi connectivity index (χ2v) is 3.35. The maximum Gasteiger partial charge on any atom is 0.106 e. The summed E-state index contributed by atoms with van der Waals surface area (Å²) in [5.74, 6) is 0. The molecule has 0 aliphatic heterocycles. The predicted octanol–water partition coefficient (Wildman–Crippen LogP) is 2.14. The van der Waals surface area contributed by atoms with Crippen LogP contribution in [0.15, 0.2) is 24.3 Å². The second-order valence-electron chi connectivity index (χ2n) is 2.94. The van der Waals surface area contributed by atoms with Crippen LogP contribution < -0.4 is 0 Å². The molecule has 1 rings (SSSR count). The highest BCUT2D eigenvalue weighted by atomic mass is 35.5. The van der Waals surface area contributed by atoms with E-state index >= 15 is 0 Å². The summed E-state index contributed by atoms with van der Waals surface area (Å²) >= 11 is 5.85. The molecule has 2 nitrogen and oxygen atoms in total. The Hall–Kier alpha value is -0.570. The third kappa shape index (κ3) is 2.44. The lowest BCUT2D eigenvalue weighted by Gasteiger charge is -2.17. The summed E-state index contributed by atoms with van der Waals surface area (Å²) in [6, 6.07) is 6.98. The van der Waals surface area contributed by atoms with E-state index in [2.05, 4.69) is 0 Å². The molecule has 0 radical (unpaired) electrons. The number of hydrogen-bond acceptors (Lipinski definition) is 2. The standard InChI is InChI=1S/C10H13ClO2/c1-2-9(12)10(13)7-5-3-4-6-8(7)11/h3-6,9-10,12-13H,2H2,1H3/t9?,10-/m1/s1. The lowest BCUT2D eigenvalue weighted by molar-refractivity contribution is 0.0165. The molecule has 72 valence electrons. The molecule has 1 aromatic carbocycles. The number of rotatable bonds is 3. The monoisotopic (exact) mass is 200 g/mol. The van der Waals surface area contributed by atoms with Gasteiger partial charge in [-0.2, -0.15) is 0 Å². The Balaban J connectivity index is 2.88. The van der Waals surface area contributed by atoms with Crippen LogP contribution >= 0.6 is 11.6 Å². The van der Waals surface area contributed by atoms with Gasteiger partial charge in [0.25, 0.3) is 0 Å². The summed E-state index contributed by atoms with van der Waals surface area (Å²) in [6.45, 7) is 1.81. The Bertz CT molecular complexity index is 275. The first-order valence-corrected chi connectivity index (χ1v) is 4.65. The summed E-state index contributed by atoms with van der Waals surface area (Å²) in [5, 5.41) is 19.5. The zero-order valence-corrected chi connectivity index (χ0v) is 8.20. The molecule has 3 heteroatoms. The molecule has 0 aromatic heterocycles. The van der Waals surface area contributed by atoms with Gasteiger partial charge in [-0.1, -0.05) is 36.7 Å². The van der Waals surface area contributed by atoms with E-state index in [4.69, 9.17) is 11.6 Å². The molecule has 2 atom stereocenters. The molecule has 0 heterocycles. The van der Waals surface area contributed by atoms with Crippen molar-refractivity contribution < 1.29 is 10.2 Å². The van der Waals surface area contributed by atoms with E-state index in [1.54, 1.807) is 24.3 Å². The van der Waals surface area contributed by atoms with Crippen LogP contribution in [0.1, 0.15) is 25.0 Å². The summed E-state index contributed by atoms with van der Waals surface area (Å²) in [5.41, 5.74) is 0.582. The third-order valence-corrected chi connectivity index (χ3v) is 2.35. The fourth-order valence-electron chi connectivity index (χ4n) is 1.15. The molecule has 0 saturated carbocycles. The second kappa shape index (κ2) is 4.61. The van der Waals surface area contributed by atoms with Crippen molar-refractivity contribution in [3.05, 3.63) is 34.9 Å². The Morgan fingerprint density at radius 1 is 1.31 bits per heavy atom. The summed E-state index contributed by atoms with van der Waals surface area (Å²) in [6.07, 6.45) is -1.13. The average Bonchev–Trinajstić information content (AvgIpc) is 2.16. The van der Waals surface area contributed by atoms with Gasteiger partial charge in [0.15, 0.2) is 0 Å². The Morgan fingerprint density at radius 3 is 2.46 bits per heavy atom. The zero-order chi connectivity index (χ0) is 9.84. The minimum atomic E-state index is -0.890. The van der Waals surface area contributed by atoms with Crippen LogP contribution in [0.25, 0.3) is 0 Å². The fourth-order valence-corrected chi connectivity index (χ4v) is 1.39. The largest absolute Gasteiger partial charge is 0.390 e. The van der Waals surface area contributed by atoms with Crippen LogP contribution in [0.5, 0.6) is 0 Å². The molecule has 0 aliphatic carbocycles. The van der Waals surface area contributed by atoms with Gasteiger partial charge in [-0.25, -0.2) is 0 Å². The molecule has 0 amide bonds. The van der Waals surface area contributed by atoms with Crippen LogP contribution in [0.2, 0.25) is 5.02 Å². The minimum Gasteiger partial charge on any atom is -0.390 e. The summed E-state index contributed by atoms with van der Waals surface area (Å²) < 4.78 is 0. The molecule has 0 spiro atoms. The SMILES string of the molecule is CCC(O)[C@H](O)c1ccccc1Cl. The normalized spacial score (nSPS) is 15.4. The quantitative estimate of drug-likeness (QED) is 0.785. The average molecular weight is 201 g/mol. The van der Waals surface area contributed by atoms with E-state index in [1.807, 2.05) is 6.92 Å². The van der Waals surface area contributed by atoms with Crippen LogP contribution in [-0.4, -0.2) is 16.3 Å². The molecular formula is C10H13ClO2. The Morgan fingerprint density at radius 2 is 1.92 bits per heavy atom. The van der Waals surface area contributed by atoms with Gasteiger partial charge in [0.1, 0.15) is 6.10 Å². The number of aliphatic hydroxyl groups excluding tert-OH is 2. The summed E-state index contributed by atoms with van der Waals surface area (Å²) in [7, 11) is 0. The predicted molar refractivity (Wildman–Crippen MR) is 52.7 cm³/mol. The first kappa shape index (κ1) is 10.5. The van der Waals surface area contributed by atoms with Gasteiger partial charge in [-0.15, -0.1) is 0 Å². The molecule has 0 bridgehead atoms.